The van der Waals surface area contributed by atoms with Gasteiger partial charge >= 0.3 is 0 Å². The number of hydrogen-bond acceptors (Lipinski definition) is 4. The predicted molar refractivity (Wildman–Crippen MR) is 94.9 cm³/mol. The second kappa shape index (κ2) is 7.75. The summed E-state index contributed by atoms with van der Waals surface area (Å²) in [4.78, 5) is 18.7. The maximum absolute atomic E-state index is 13.5. The highest BCUT2D eigenvalue weighted by Gasteiger charge is 2.21. The van der Waals surface area contributed by atoms with E-state index in [1.165, 1.54) is 6.07 Å². The SMILES string of the molecule is Cc1ccc(CCC(=O)NC2CCN(c3nccs3)CC2)cc1F. The molecule has 6 heteroatoms. The van der Waals surface area contributed by atoms with E-state index in [0.717, 1.165) is 36.6 Å². The third-order valence-corrected chi connectivity index (χ3v) is 5.26. The van der Waals surface area contributed by atoms with Crippen molar-refractivity contribution >= 4 is 22.4 Å². The molecule has 1 aromatic carbocycles. The summed E-state index contributed by atoms with van der Waals surface area (Å²) in [6, 6.07) is 5.40. The van der Waals surface area contributed by atoms with Crippen molar-refractivity contribution in [2.75, 3.05) is 18.0 Å². The summed E-state index contributed by atoms with van der Waals surface area (Å²) in [6.07, 6.45) is 4.66. The molecule has 0 bridgehead atoms. The van der Waals surface area contributed by atoms with Gasteiger partial charge in [-0.2, -0.15) is 0 Å². The van der Waals surface area contributed by atoms with Crippen LogP contribution in [0.25, 0.3) is 0 Å². The number of rotatable bonds is 5. The van der Waals surface area contributed by atoms with Crippen LogP contribution in [0.4, 0.5) is 9.52 Å². The first-order valence-electron chi connectivity index (χ1n) is 8.30. The molecule has 1 fully saturated rings. The van der Waals surface area contributed by atoms with Gasteiger partial charge in [0, 0.05) is 37.1 Å². The van der Waals surface area contributed by atoms with Crippen LogP contribution in [0, 0.1) is 12.7 Å². The van der Waals surface area contributed by atoms with Crippen LogP contribution in [0.3, 0.4) is 0 Å². The summed E-state index contributed by atoms with van der Waals surface area (Å²) < 4.78 is 13.5. The predicted octanol–water partition coefficient (Wildman–Crippen LogP) is 3.31. The van der Waals surface area contributed by atoms with E-state index in [1.807, 2.05) is 17.6 Å². The second-order valence-electron chi connectivity index (χ2n) is 6.23. The molecule has 2 heterocycles. The number of piperidine rings is 1. The number of carbonyl (C=O) groups is 1. The van der Waals surface area contributed by atoms with Crippen LogP contribution < -0.4 is 10.2 Å². The molecule has 1 saturated heterocycles. The Bertz CT molecular complexity index is 682. The van der Waals surface area contributed by atoms with E-state index in [0.29, 0.717) is 18.4 Å². The first-order valence-corrected chi connectivity index (χ1v) is 9.18. The van der Waals surface area contributed by atoms with Crippen molar-refractivity contribution in [2.45, 2.75) is 38.6 Å². The third-order valence-electron chi connectivity index (χ3n) is 4.43. The molecule has 0 unspecified atom stereocenters. The van der Waals surface area contributed by atoms with Crippen LogP contribution in [0.2, 0.25) is 0 Å². The Balaban J connectivity index is 1.42. The lowest BCUT2D eigenvalue weighted by Crippen LogP contribution is -2.44. The summed E-state index contributed by atoms with van der Waals surface area (Å²) in [5, 5.41) is 6.14. The fraction of sp³-hybridized carbons (Fsp3) is 0.444. The van der Waals surface area contributed by atoms with Gasteiger partial charge in [0.1, 0.15) is 5.82 Å². The standard InChI is InChI=1S/C18H22FN3OS/c1-13-2-3-14(12-16(13)19)4-5-17(23)21-15-6-9-22(10-7-15)18-20-8-11-24-18/h2-3,8,11-12,15H,4-7,9-10H2,1H3,(H,21,23). The zero-order chi connectivity index (χ0) is 16.9. The Kier molecular flexibility index (Phi) is 5.45. The van der Waals surface area contributed by atoms with Crippen molar-refractivity contribution in [1.82, 2.24) is 10.3 Å². The number of aryl methyl sites for hydroxylation is 2. The van der Waals surface area contributed by atoms with Gasteiger partial charge in [-0.15, -0.1) is 11.3 Å². The monoisotopic (exact) mass is 347 g/mol. The quantitative estimate of drug-likeness (QED) is 0.902. The number of aromatic nitrogens is 1. The Morgan fingerprint density at radius 3 is 2.88 bits per heavy atom. The Morgan fingerprint density at radius 1 is 1.42 bits per heavy atom. The van der Waals surface area contributed by atoms with Crippen LogP contribution >= 0.6 is 11.3 Å². The molecule has 0 atom stereocenters. The van der Waals surface area contributed by atoms with Gasteiger partial charge in [0.25, 0.3) is 0 Å². The fourth-order valence-electron chi connectivity index (χ4n) is 2.94. The van der Waals surface area contributed by atoms with Gasteiger partial charge in [-0.3, -0.25) is 4.79 Å². The Labute approximate surface area is 145 Å². The van der Waals surface area contributed by atoms with Gasteiger partial charge in [-0.1, -0.05) is 12.1 Å². The lowest BCUT2D eigenvalue weighted by Gasteiger charge is -2.32. The maximum atomic E-state index is 13.5. The summed E-state index contributed by atoms with van der Waals surface area (Å²) in [5.74, 6) is -0.161. The van der Waals surface area contributed by atoms with E-state index in [2.05, 4.69) is 15.2 Å². The molecular formula is C18H22FN3OS. The molecule has 0 radical (unpaired) electrons. The molecule has 1 aromatic heterocycles. The van der Waals surface area contributed by atoms with Gasteiger partial charge in [0.05, 0.1) is 0 Å². The normalized spacial score (nSPS) is 15.5. The van der Waals surface area contributed by atoms with Crippen LogP contribution in [-0.4, -0.2) is 30.0 Å². The zero-order valence-electron chi connectivity index (χ0n) is 13.8. The first kappa shape index (κ1) is 16.9. The van der Waals surface area contributed by atoms with E-state index in [9.17, 15) is 9.18 Å². The molecule has 1 aliphatic heterocycles. The Morgan fingerprint density at radius 2 is 2.21 bits per heavy atom. The highest BCUT2D eigenvalue weighted by atomic mass is 32.1. The number of anilines is 1. The minimum Gasteiger partial charge on any atom is -0.353 e. The number of halogens is 1. The van der Waals surface area contributed by atoms with Gasteiger partial charge in [0.2, 0.25) is 5.91 Å². The molecule has 0 spiro atoms. The van der Waals surface area contributed by atoms with E-state index in [-0.39, 0.29) is 17.8 Å². The zero-order valence-corrected chi connectivity index (χ0v) is 14.6. The molecule has 4 nitrogen and oxygen atoms in total. The van der Waals surface area contributed by atoms with Crippen molar-refractivity contribution in [3.8, 4) is 0 Å². The number of amides is 1. The smallest absolute Gasteiger partial charge is 0.220 e. The van der Waals surface area contributed by atoms with Gasteiger partial charge in [-0.25, -0.2) is 9.37 Å². The highest BCUT2D eigenvalue weighted by Crippen LogP contribution is 2.22. The molecule has 1 aliphatic rings. The number of nitrogens with zero attached hydrogens (tertiary/aromatic N) is 2. The largest absolute Gasteiger partial charge is 0.353 e. The number of carbonyl (C=O) groups excluding carboxylic acids is 1. The van der Waals surface area contributed by atoms with Crippen molar-refractivity contribution in [1.29, 1.82) is 0 Å². The molecule has 0 aliphatic carbocycles. The summed E-state index contributed by atoms with van der Waals surface area (Å²) in [5.41, 5.74) is 1.50. The maximum Gasteiger partial charge on any atom is 0.220 e. The number of thiazole rings is 1. The average molecular weight is 347 g/mol. The van der Waals surface area contributed by atoms with Crippen LogP contribution in [0.5, 0.6) is 0 Å². The van der Waals surface area contributed by atoms with E-state index in [4.69, 9.17) is 0 Å². The van der Waals surface area contributed by atoms with E-state index in [1.54, 1.807) is 24.3 Å². The highest BCUT2D eigenvalue weighted by molar-refractivity contribution is 7.13. The van der Waals surface area contributed by atoms with E-state index < -0.39 is 0 Å². The molecule has 2 aromatic rings. The van der Waals surface area contributed by atoms with Gasteiger partial charge in [0.15, 0.2) is 5.13 Å². The lowest BCUT2D eigenvalue weighted by atomic mass is 10.0. The first-order chi connectivity index (χ1) is 11.6. The molecule has 128 valence electrons. The van der Waals surface area contributed by atoms with Crippen LogP contribution in [0.1, 0.15) is 30.4 Å². The lowest BCUT2D eigenvalue weighted by molar-refractivity contribution is -0.121. The molecule has 0 saturated carbocycles. The molecule has 1 N–H and O–H groups in total. The molecule has 1 amide bonds. The third kappa shape index (κ3) is 4.32. The molecular weight excluding hydrogens is 325 g/mol. The van der Waals surface area contributed by atoms with E-state index >= 15 is 0 Å². The van der Waals surface area contributed by atoms with Crippen molar-refractivity contribution in [2.24, 2.45) is 0 Å². The summed E-state index contributed by atoms with van der Waals surface area (Å²) in [7, 11) is 0. The molecule has 3 rings (SSSR count). The number of benzene rings is 1. The van der Waals surface area contributed by atoms with Crippen LogP contribution in [-0.2, 0) is 11.2 Å². The minimum absolute atomic E-state index is 0.0451. The second-order valence-corrected chi connectivity index (χ2v) is 7.10. The average Bonchev–Trinajstić information content (AvgIpc) is 3.11. The van der Waals surface area contributed by atoms with Gasteiger partial charge < -0.3 is 10.2 Å². The van der Waals surface area contributed by atoms with Crippen molar-refractivity contribution in [3.05, 3.63) is 46.7 Å². The topological polar surface area (TPSA) is 45.2 Å². The van der Waals surface area contributed by atoms with Crippen molar-refractivity contribution in [3.63, 3.8) is 0 Å². The van der Waals surface area contributed by atoms with Gasteiger partial charge in [-0.05, 0) is 43.4 Å². The number of hydrogen-bond donors (Lipinski definition) is 1. The molecule has 24 heavy (non-hydrogen) atoms. The summed E-state index contributed by atoms with van der Waals surface area (Å²) >= 11 is 1.65. The number of nitrogens with one attached hydrogen (secondary N) is 1. The fourth-order valence-corrected chi connectivity index (χ4v) is 3.63. The van der Waals surface area contributed by atoms with Crippen molar-refractivity contribution < 1.29 is 9.18 Å². The minimum atomic E-state index is -0.206. The Hall–Kier alpha value is -1.95. The van der Waals surface area contributed by atoms with Crippen LogP contribution in [0.15, 0.2) is 29.8 Å². The summed E-state index contributed by atoms with van der Waals surface area (Å²) in [6.45, 7) is 3.58.